The highest BCUT2D eigenvalue weighted by Gasteiger charge is 2.16. The molecule has 0 fully saturated rings. The van der Waals surface area contributed by atoms with Crippen molar-refractivity contribution in [2.24, 2.45) is 0 Å². The Morgan fingerprint density at radius 1 is 0.824 bits per heavy atom. The van der Waals surface area contributed by atoms with Crippen molar-refractivity contribution in [3.05, 3.63) is 85.0 Å². The molecule has 0 unspecified atom stereocenters. The van der Waals surface area contributed by atoms with Crippen molar-refractivity contribution in [3.63, 3.8) is 0 Å². The molecule has 3 atom stereocenters. The molecule has 0 aliphatic heterocycles. The molecule has 0 amide bonds. The summed E-state index contributed by atoms with van der Waals surface area (Å²) in [4.78, 5) is 12.3. The predicted octanol–water partition coefficient (Wildman–Crippen LogP) is 5.65. The van der Waals surface area contributed by atoms with Crippen molar-refractivity contribution in [2.45, 2.75) is 57.7 Å². The van der Waals surface area contributed by atoms with Crippen LogP contribution in [-0.4, -0.2) is 38.5 Å². The van der Waals surface area contributed by atoms with Crippen LogP contribution < -0.4 is 9.47 Å². The van der Waals surface area contributed by atoms with Gasteiger partial charge < -0.3 is 23.7 Å². The molecule has 0 N–H and O–H groups in total. The molecule has 0 saturated carbocycles. The summed E-state index contributed by atoms with van der Waals surface area (Å²) in [5.41, 5.74) is 2.05. The molecule has 2 aromatic rings. The Morgan fingerprint density at radius 2 is 1.29 bits per heavy atom. The minimum atomic E-state index is -0.297. The average Bonchev–Trinajstić information content (AvgIpc) is 2.87. The molecule has 2 rings (SSSR count). The van der Waals surface area contributed by atoms with E-state index < -0.39 is 0 Å². The highest BCUT2D eigenvalue weighted by Crippen LogP contribution is 2.17. The Labute approximate surface area is 203 Å². The normalized spacial score (nSPS) is 13.4. The first-order valence-corrected chi connectivity index (χ1v) is 11.4. The van der Waals surface area contributed by atoms with Crippen LogP contribution in [0.15, 0.2) is 73.8 Å². The Kier molecular flexibility index (Phi) is 11.9. The second-order valence-electron chi connectivity index (χ2n) is 7.94. The number of hydrogen-bond acceptors (Lipinski definition) is 6. The monoisotopic (exact) mass is 468 g/mol. The first-order chi connectivity index (χ1) is 16.5. The van der Waals surface area contributed by atoms with E-state index in [2.05, 4.69) is 13.2 Å². The molecular weight excluding hydrogens is 432 g/mol. The van der Waals surface area contributed by atoms with E-state index in [4.69, 9.17) is 23.7 Å². The van der Waals surface area contributed by atoms with Gasteiger partial charge in [-0.15, -0.1) is 13.2 Å². The lowest BCUT2D eigenvalue weighted by molar-refractivity contribution is -0.150. The van der Waals surface area contributed by atoms with Gasteiger partial charge in [0.1, 0.15) is 17.6 Å². The average molecular weight is 469 g/mol. The minimum absolute atomic E-state index is 0.223. The number of carbonyl (C=O) groups excluding carboxylic acids is 1. The Bertz CT molecular complexity index is 875. The van der Waals surface area contributed by atoms with E-state index >= 15 is 0 Å². The molecule has 34 heavy (non-hydrogen) atoms. The zero-order valence-electron chi connectivity index (χ0n) is 20.4. The van der Waals surface area contributed by atoms with E-state index in [1.54, 1.807) is 26.4 Å². The summed E-state index contributed by atoms with van der Waals surface area (Å²) in [6.07, 6.45) is 3.96. The molecule has 0 heterocycles. The summed E-state index contributed by atoms with van der Waals surface area (Å²) >= 11 is 0. The standard InChI is InChI=1S/C28H36O6/c1-6-24(32-19-22-8-12-26(30-4)13-9-22)16-17-28(29)34-21(3)18-25(7-2)33-20-23-10-14-27(31-5)15-11-23/h6-15,21,24-25H,1-2,16-20H2,3-5H3/t21-,24-,25-/m1/s1. The van der Waals surface area contributed by atoms with Gasteiger partial charge >= 0.3 is 5.97 Å². The molecule has 2 aromatic carbocycles. The van der Waals surface area contributed by atoms with Crippen LogP contribution in [0.25, 0.3) is 0 Å². The SMILES string of the molecule is C=C[C@H](CCC(=O)O[C@H](C)C[C@@H](C=C)OCc1ccc(OC)cc1)OCc1ccc(OC)cc1. The van der Waals surface area contributed by atoms with Gasteiger partial charge in [0.2, 0.25) is 0 Å². The minimum Gasteiger partial charge on any atom is -0.497 e. The molecule has 0 saturated heterocycles. The van der Waals surface area contributed by atoms with Gasteiger partial charge in [-0.2, -0.15) is 0 Å². The highest BCUT2D eigenvalue weighted by molar-refractivity contribution is 5.69. The second-order valence-corrected chi connectivity index (χ2v) is 7.94. The van der Waals surface area contributed by atoms with Crippen LogP contribution in [0.4, 0.5) is 0 Å². The van der Waals surface area contributed by atoms with Gasteiger partial charge in [-0.05, 0) is 48.7 Å². The Balaban J connectivity index is 1.69. The first kappa shape index (κ1) is 27.2. The lowest BCUT2D eigenvalue weighted by Crippen LogP contribution is -2.23. The highest BCUT2D eigenvalue weighted by atomic mass is 16.5. The van der Waals surface area contributed by atoms with Crippen LogP contribution in [-0.2, 0) is 32.2 Å². The first-order valence-electron chi connectivity index (χ1n) is 11.4. The third-order valence-corrected chi connectivity index (χ3v) is 5.30. The summed E-state index contributed by atoms with van der Waals surface area (Å²) < 4.78 is 27.7. The van der Waals surface area contributed by atoms with Crippen molar-refractivity contribution >= 4 is 5.97 Å². The number of carbonyl (C=O) groups is 1. The molecule has 0 bridgehead atoms. The smallest absolute Gasteiger partial charge is 0.306 e. The molecule has 0 spiro atoms. The van der Waals surface area contributed by atoms with Crippen molar-refractivity contribution in [1.82, 2.24) is 0 Å². The van der Waals surface area contributed by atoms with Gasteiger partial charge in [-0.3, -0.25) is 4.79 Å². The van der Waals surface area contributed by atoms with Crippen molar-refractivity contribution < 1.29 is 28.5 Å². The molecule has 0 aliphatic carbocycles. The van der Waals surface area contributed by atoms with E-state index in [-0.39, 0.29) is 30.7 Å². The lowest BCUT2D eigenvalue weighted by atomic mass is 10.1. The van der Waals surface area contributed by atoms with E-state index in [0.29, 0.717) is 26.1 Å². The fourth-order valence-corrected chi connectivity index (χ4v) is 3.27. The maximum Gasteiger partial charge on any atom is 0.306 e. The van der Waals surface area contributed by atoms with Crippen molar-refractivity contribution in [3.8, 4) is 11.5 Å². The van der Waals surface area contributed by atoms with Crippen molar-refractivity contribution in [1.29, 1.82) is 0 Å². The molecule has 0 radical (unpaired) electrons. The molecule has 6 nitrogen and oxygen atoms in total. The summed E-state index contributed by atoms with van der Waals surface area (Å²) in [6, 6.07) is 15.4. The van der Waals surface area contributed by atoms with E-state index in [1.807, 2.05) is 55.5 Å². The molecular formula is C28H36O6. The number of benzene rings is 2. The molecule has 6 heteroatoms. The van der Waals surface area contributed by atoms with Gasteiger partial charge in [0.15, 0.2) is 0 Å². The van der Waals surface area contributed by atoms with Gasteiger partial charge in [-0.1, -0.05) is 36.4 Å². The number of ether oxygens (including phenoxy) is 5. The molecule has 0 aromatic heterocycles. The fourth-order valence-electron chi connectivity index (χ4n) is 3.27. The summed E-state index contributed by atoms with van der Waals surface area (Å²) in [7, 11) is 3.27. The van der Waals surface area contributed by atoms with Gasteiger partial charge in [0.05, 0.1) is 39.6 Å². The van der Waals surface area contributed by atoms with Crippen LogP contribution in [0.5, 0.6) is 11.5 Å². The quantitative estimate of drug-likeness (QED) is 0.234. The second kappa shape index (κ2) is 14.9. The van der Waals surface area contributed by atoms with Crippen LogP contribution in [0.2, 0.25) is 0 Å². The topological polar surface area (TPSA) is 63.2 Å². The number of rotatable bonds is 16. The zero-order chi connectivity index (χ0) is 24.8. The Hall–Kier alpha value is -3.09. The summed E-state index contributed by atoms with van der Waals surface area (Å²) in [6.45, 7) is 10.4. The van der Waals surface area contributed by atoms with E-state index in [9.17, 15) is 4.79 Å². The maximum atomic E-state index is 12.3. The van der Waals surface area contributed by atoms with Crippen LogP contribution in [0.1, 0.15) is 37.3 Å². The van der Waals surface area contributed by atoms with Crippen LogP contribution >= 0.6 is 0 Å². The largest absolute Gasteiger partial charge is 0.497 e. The molecule has 184 valence electrons. The van der Waals surface area contributed by atoms with Gasteiger partial charge in [-0.25, -0.2) is 0 Å². The fraction of sp³-hybridized carbons (Fsp3) is 0.393. The van der Waals surface area contributed by atoms with Crippen LogP contribution in [0.3, 0.4) is 0 Å². The van der Waals surface area contributed by atoms with Crippen molar-refractivity contribution in [2.75, 3.05) is 14.2 Å². The predicted molar refractivity (Wildman–Crippen MR) is 133 cm³/mol. The zero-order valence-corrected chi connectivity index (χ0v) is 20.4. The van der Waals surface area contributed by atoms with Gasteiger partial charge in [0.25, 0.3) is 0 Å². The summed E-state index contributed by atoms with van der Waals surface area (Å²) in [5.74, 6) is 1.32. The number of esters is 1. The number of hydrogen-bond donors (Lipinski definition) is 0. The summed E-state index contributed by atoms with van der Waals surface area (Å²) in [5, 5.41) is 0. The van der Waals surface area contributed by atoms with E-state index in [0.717, 1.165) is 22.6 Å². The van der Waals surface area contributed by atoms with E-state index in [1.165, 1.54) is 0 Å². The third kappa shape index (κ3) is 9.81. The Morgan fingerprint density at radius 3 is 1.74 bits per heavy atom. The maximum absolute atomic E-state index is 12.3. The third-order valence-electron chi connectivity index (χ3n) is 5.30. The lowest BCUT2D eigenvalue weighted by Gasteiger charge is -2.20. The molecule has 0 aliphatic rings. The number of methoxy groups -OCH3 is 2. The van der Waals surface area contributed by atoms with Gasteiger partial charge in [0, 0.05) is 12.8 Å². The van der Waals surface area contributed by atoms with Crippen LogP contribution in [0, 0.1) is 0 Å².